The number of aliphatic carboxylic acids is 6. The third-order valence-corrected chi connectivity index (χ3v) is 25.1. The number of carbonyl (C=O) groups is 12. The first-order chi connectivity index (χ1) is 52.5. The summed E-state index contributed by atoms with van der Waals surface area (Å²) in [5.74, 6) is -5.49. The summed E-state index contributed by atoms with van der Waals surface area (Å²) < 4.78 is 10.4. The van der Waals surface area contributed by atoms with Crippen LogP contribution in [-0.2, 0) is 73.4 Å². The summed E-state index contributed by atoms with van der Waals surface area (Å²) in [6.45, 7) is 12.8. The molecule has 1 aromatic rings. The summed E-state index contributed by atoms with van der Waals surface area (Å²) in [6.07, 6.45) is 27.6. The smallest absolute Gasteiger partial charge is 0.326 e. The summed E-state index contributed by atoms with van der Waals surface area (Å²) in [7, 11) is 0. The van der Waals surface area contributed by atoms with Crippen molar-refractivity contribution in [2.45, 2.75) is 351 Å². The van der Waals surface area contributed by atoms with E-state index in [1.165, 1.54) is 4.90 Å². The van der Waals surface area contributed by atoms with Crippen LogP contribution in [0.15, 0.2) is 24.3 Å². The summed E-state index contributed by atoms with van der Waals surface area (Å²) in [5, 5.41) is 70.1. The summed E-state index contributed by atoms with van der Waals surface area (Å²) >= 11 is 5.94. The Morgan fingerprint density at radius 2 is 0.700 bits per heavy atom. The monoisotopic (exact) mass is 1560 g/mol. The van der Waals surface area contributed by atoms with Crippen LogP contribution < -0.4 is 21.3 Å². The fraction of sp³-hybridized carbons (Fsp3) is 0.778. The summed E-state index contributed by atoms with van der Waals surface area (Å²) in [4.78, 5) is 154. The molecule has 10 fully saturated rings. The number of aryl methyl sites for hydroxylation is 1. The van der Waals surface area contributed by atoms with Gasteiger partial charge in [0.15, 0.2) is 0 Å². The van der Waals surface area contributed by atoms with E-state index >= 15 is 0 Å². The van der Waals surface area contributed by atoms with E-state index in [1.54, 1.807) is 68.4 Å². The molecule has 0 unspecified atom stereocenters. The molecular formula is C81H125ClN8O20. The van der Waals surface area contributed by atoms with Crippen molar-refractivity contribution >= 4 is 83.0 Å². The number of carboxylic acid groups (broad SMARTS) is 6. The van der Waals surface area contributed by atoms with Gasteiger partial charge < -0.3 is 59.7 Å². The molecule has 4 amide bonds. The van der Waals surface area contributed by atoms with E-state index in [2.05, 4.69) is 28.2 Å². The minimum absolute atomic E-state index is 0.0149. The Labute approximate surface area is 652 Å². The summed E-state index contributed by atoms with van der Waals surface area (Å²) in [5.41, 5.74) is 1.03. The second-order valence-corrected chi connectivity index (χ2v) is 33.2. The zero-order valence-corrected chi connectivity index (χ0v) is 66.4. The van der Waals surface area contributed by atoms with Gasteiger partial charge in [0.05, 0.1) is 37.4 Å². The molecule has 110 heavy (non-hydrogen) atoms. The number of benzene rings is 1. The van der Waals surface area contributed by atoms with Crippen LogP contribution in [0.4, 0.5) is 0 Å². The highest BCUT2D eigenvalue weighted by atomic mass is 35.5. The van der Waals surface area contributed by atoms with E-state index in [4.69, 9.17) is 21.1 Å². The number of carbonyl (C=O) groups excluding carboxylic acids is 6. The van der Waals surface area contributed by atoms with E-state index in [9.17, 15) is 88.2 Å². The number of unbranched alkanes of at least 4 members (excludes halogenated alkanes) is 2. The number of ether oxygens (including phenoxy) is 2. The van der Waals surface area contributed by atoms with Crippen molar-refractivity contribution in [3.05, 3.63) is 34.9 Å². The molecule has 0 bridgehead atoms. The molecule has 20 atom stereocenters. The van der Waals surface area contributed by atoms with Crippen molar-refractivity contribution < 1.29 is 97.6 Å². The third kappa shape index (κ3) is 24.0. The van der Waals surface area contributed by atoms with Gasteiger partial charge in [-0.2, -0.15) is 0 Å². The first-order valence-electron chi connectivity index (χ1n) is 41.3. The maximum atomic E-state index is 13.4. The Balaban J connectivity index is 0.000000185. The van der Waals surface area contributed by atoms with Gasteiger partial charge in [-0.15, -0.1) is 0 Å². The average molecular weight is 1570 g/mol. The normalized spacial score (nSPS) is 28.0. The second kappa shape index (κ2) is 42.2. The van der Waals surface area contributed by atoms with Crippen molar-refractivity contribution in [1.82, 2.24) is 40.9 Å². The molecule has 6 saturated carbocycles. The van der Waals surface area contributed by atoms with Gasteiger partial charge in [-0.05, 0) is 204 Å². The maximum Gasteiger partial charge on any atom is 0.326 e. The molecule has 28 nitrogen and oxygen atoms in total. The highest BCUT2D eigenvalue weighted by Crippen LogP contribution is 2.45. The Hall–Kier alpha value is -7.01. The first-order valence-corrected chi connectivity index (χ1v) is 41.6. The fourth-order valence-electron chi connectivity index (χ4n) is 18.8. The minimum atomic E-state index is -0.965. The van der Waals surface area contributed by atoms with Crippen LogP contribution >= 0.6 is 11.6 Å². The summed E-state index contributed by atoms with van der Waals surface area (Å²) in [6, 6.07) is -1.18. The number of likely N-dealkylation sites (tertiary alicyclic amines) is 4. The van der Waals surface area contributed by atoms with Gasteiger partial charge in [0.25, 0.3) is 0 Å². The predicted molar refractivity (Wildman–Crippen MR) is 407 cm³/mol. The standard InChI is InChI=1S/C24H33ClN2O5.C20H32N2O5.C19H32N2O5.C18H28N2O5/c1-3-32-24(31)19(13-10-16-8-11-18(25)12-9-16)26-15(2)22(28)27-20-7-5-4-6-17(20)14-21(27)23(29)30;1-3-27-20(26)15(10-13-8-9-13)21-12(2)18(23)22-16-7-5-4-6-14(16)11-17(22)19(24)25;1-3-4-5-9-14(18(23)24)20-12(2)17(22)21-15-10-7-6-8-13(15)11-16(21)19(25)26;1-10(19-13(17(22)23)8-11-6-7-11)16(21)20-14-5-3-2-4-12(14)9-15(20)18(24)25/h8-9,11-12,15,17,19-21,26H,3-7,10,13-14H2,1-2H3,(H,29,30);12-17,21H,3-11H2,1-2H3,(H,24,25);12-16,20H,3-11H2,1-2H3,(H,23,24)(H,25,26);10-15,19H,2-9H2,1H3,(H,22,23)(H,24,25)/t15-,17+,19-,20-,21-;12-,14+,15-,16-,17-;12-,13+,14-,15-,16-;10-,12+,13-,14-,15-/m0000/s1. The van der Waals surface area contributed by atoms with Crippen molar-refractivity contribution in [1.29, 1.82) is 0 Å². The van der Waals surface area contributed by atoms with Crippen LogP contribution in [0.2, 0.25) is 5.02 Å². The van der Waals surface area contributed by atoms with Crippen molar-refractivity contribution in [3.8, 4) is 0 Å². The maximum absolute atomic E-state index is 13.4. The number of nitrogens with one attached hydrogen (secondary N) is 4. The van der Waals surface area contributed by atoms with E-state index in [0.717, 1.165) is 153 Å². The molecule has 0 aromatic heterocycles. The molecule has 10 N–H and O–H groups in total. The molecule has 4 saturated heterocycles. The van der Waals surface area contributed by atoms with Crippen molar-refractivity contribution in [2.24, 2.45) is 35.5 Å². The van der Waals surface area contributed by atoms with Gasteiger partial charge in [0.1, 0.15) is 48.3 Å². The molecule has 10 aliphatic rings. The van der Waals surface area contributed by atoms with Gasteiger partial charge in [0, 0.05) is 29.2 Å². The van der Waals surface area contributed by atoms with Crippen molar-refractivity contribution in [3.63, 3.8) is 0 Å². The molecule has 0 spiro atoms. The van der Waals surface area contributed by atoms with Crippen LogP contribution in [0.1, 0.15) is 253 Å². The van der Waals surface area contributed by atoms with Crippen LogP contribution in [0.25, 0.3) is 0 Å². The quantitative estimate of drug-likeness (QED) is 0.0231. The van der Waals surface area contributed by atoms with E-state index in [1.807, 2.05) is 12.1 Å². The lowest BCUT2D eigenvalue weighted by molar-refractivity contribution is -0.152. The Bertz CT molecular complexity index is 3300. The number of hydrogen-bond acceptors (Lipinski definition) is 18. The highest BCUT2D eigenvalue weighted by Gasteiger charge is 2.53. The zero-order chi connectivity index (χ0) is 80.2. The molecule has 6 aliphatic carbocycles. The average Bonchev–Trinajstić information content (AvgIpc) is 1.65. The minimum Gasteiger partial charge on any atom is -0.480 e. The van der Waals surface area contributed by atoms with E-state index in [-0.39, 0.29) is 84.0 Å². The molecule has 4 aliphatic heterocycles. The van der Waals surface area contributed by atoms with Gasteiger partial charge >= 0.3 is 47.8 Å². The molecule has 4 heterocycles. The largest absolute Gasteiger partial charge is 0.480 e. The molecule has 1 aromatic carbocycles. The number of rotatable bonds is 33. The van der Waals surface area contributed by atoms with E-state index < -0.39 is 114 Å². The van der Waals surface area contributed by atoms with Gasteiger partial charge in [-0.25, -0.2) is 19.2 Å². The topological polar surface area (TPSA) is 406 Å². The van der Waals surface area contributed by atoms with Gasteiger partial charge in [-0.1, -0.05) is 127 Å². The SMILES string of the molecule is CCCCC[C@H](N[C@@H](C)C(=O)N1[C@H](C(=O)O)C[C@H]2CCCC[C@@H]21)C(=O)O.CCOC(=O)[C@H](CC1CC1)N[C@@H](C)C(=O)N1[C@H](C(=O)O)C[C@H]2CCCC[C@@H]21.CCOC(=O)[C@H](CCc1ccc(Cl)cc1)N[C@@H](C)C(=O)N1[C@H](C(=O)O)C[C@H]2CCCC[C@@H]21.C[C@H](N[C@@H](CC1CC1)C(=O)O)C(=O)N1[C@H](C(=O)O)C[C@H]2CCCC[C@@H]21. The number of amides is 4. The predicted octanol–water partition coefficient (Wildman–Crippen LogP) is 9.07. The highest BCUT2D eigenvalue weighted by molar-refractivity contribution is 6.30. The number of nitrogens with zero attached hydrogens (tertiary/aromatic N) is 4. The number of esters is 2. The van der Waals surface area contributed by atoms with Gasteiger partial charge in [-0.3, -0.25) is 59.6 Å². The van der Waals surface area contributed by atoms with E-state index in [0.29, 0.717) is 81.3 Å². The Morgan fingerprint density at radius 3 is 1.01 bits per heavy atom. The van der Waals surface area contributed by atoms with Crippen molar-refractivity contribution in [2.75, 3.05) is 13.2 Å². The first kappa shape index (κ1) is 88.6. The zero-order valence-electron chi connectivity index (χ0n) is 65.6. The van der Waals surface area contributed by atoms with Gasteiger partial charge in [0.2, 0.25) is 23.6 Å². The number of hydrogen-bond donors (Lipinski definition) is 10. The molecule has 29 heteroatoms. The fourth-order valence-corrected chi connectivity index (χ4v) is 18.9. The van der Waals surface area contributed by atoms with Crippen LogP contribution in [0.3, 0.4) is 0 Å². The molecule has 616 valence electrons. The second-order valence-electron chi connectivity index (χ2n) is 32.8. The lowest BCUT2D eigenvalue weighted by Gasteiger charge is -2.35. The molecular weight excluding hydrogens is 1440 g/mol. The Kier molecular flexibility index (Phi) is 34.0. The molecule has 11 rings (SSSR count). The van der Waals surface area contributed by atoms with Crippen LogP contribution in [-0.4, -0.2) is 232 Å². The van der Waals surface area contributed by atoms with Crippen LogP contribution in [0, 0.1) is 35.5 Å². The number of carboxylic acids is 6. The third-order valence-electron chi connectivity index (χ3n) is 24.8. The lowest BCUT2D eigenvalue weighted by atomic mass is 9.84. The Morgan fingerprint density at radius 1 is 0.400 bits per heavy atom. The van der Waals surface area contributed by atoms with Crippen LogP contribution in [0.5, 0.6) is 0 Å². The number of halogens is 1. The molecule has 0 radical (unpaired) electrons. The lowest BCUT2D eigenvalue weighted by Crippen LogP contribution is -2.55. The number of fused-ring (bicyclic) bond motifs is 4.